The number of nitrogens with zero attached hydrogens (tertiary/aromatic N) is 2. The van der Waals surface area contributed by atoms with Gasteiger partial charge >= 0.3 is 6.01 Å². The molecule has 1 heterocycles. The molecule has 1 aromatic heterocycles. The number of hydrogen-bond acceptors (Lipinski definition) is 5. The summed E-state index contributed by atoms with van der Waals surface area (Å²) in [5, 5.41) is 0.429. The Labute approximate surface area is 174 Å². The van der Waals surface area contributed by atoms with E-state index in [4.69, 9.17) is 16.3 Å². The molecule has 4 saturated carbocycles. The molecule has 2 atom stereocenters. The summed E-state index contributed by atoms with van der Waals surface area (Å²) in [5.41, 5.74) is 1.81. The molecule has 0 radical (unpaired) electrons. The molecule has 2 aromatic rings. The third-order valence-corrected chi connectivity index (χ3v) is 7.26. The van der Waals surface area contributed by atoms with Gasteiger partial charge in [0, 0.05) is 11.8 Å². The number of benzene rings is 1. The molecule has 0 saturated heterocycles. The number of carbonyl (C=O) groups is 2. The van der Waals surface area contributed by atoms with Crippen LogP contribution in [0.2, 0.25) is 5.02 Å². The molecular weight excluding hydrogens is 388 g/mol. The largest absolute Gasteiger partial charge is 0.424 e. The van der Waals surface area contributed by atoms with Gasteiger partial charge in [0.2, 0.25) is 0 Å². The highest BCUT2D eigenvalue weighted by atomic mass is 35.5. The summed E-state index contributed by atoms with van der Waals surface area (Å²) in [6, 6.07) is 5.79. The summed E-state index contributed by atoms with van der Waals surface area (Å²) in [5.74, 6) is 0.751. The van der Waals surface area contributed by atoms with Gasteiger partial charge in [-0.15, -0.1) is 0 Å². The van der Waals surface area contributed by atoms with Gasteiger partial charge in [-0.05, 0) is 67.2 Å². The Kier molecular flexibility index (Phi) is 4.66. The van der Waals surface area contributed by atoms with E-state index < -0.39 is 5.92 Å². The van der Waals surface area contributed by atoms with Crippen LogP contribution in [-0.2, 0) is 16.0 Å². The second-order valence-electron chi connectivity index (χ2n) is 8.46. The van der Waals surface area contributed by atoms with E-state index in [1.807, 2.05) is 25.1 Å². The first-order chi connectivity index (χ1) is 14.1. The van der Waals surface area contributed by atoms with Crippen molar-refractivity contribution >= 4 is 23.2 Å². The molecular formula is C23H23ClN2O3. The Hall–Kier alpha value is -2.27. The second-order valence-corrected chi connectivity index (χ2v) is 8.90. The monoisotopic (exact) mass is 410 g/mol. The van der Waals surface area contributed by atoms with Crippen molar-refractivity contribution in [3.63, 3.8) is 0 Å². The van der Waals surface area contributed by atoms with Crippen molar-refractivity contribution in [2.75, 3.05) is 0 Å². The van der Waals surface area contributed by atoms with Crippen molar-refractivity contribution in [1.29, 1.82) is 0 Å². The van der Waals surface area contributed by atoms with Gasteiger partial charge < -0.3 is 4.74 Å². The molecule has 0 N–H and O–H groups in total. The number of fused-ring (bicyclic) bond motifs is 2. The zero-order chi connectivity index (χ0) is 20.1. The number of carbonyl (C=O) groups excluding carboxylic acids is 2. The maximum atomic E-state index is 13.4. The van der Waals surface area contributed by atoms with Crippen LogP contribution in [0.4, 0.5) is 0 Å². The zero-order valence-electron chi connectivity index (χ0n) is 16.3. The van der Waals surface area contributed by atoms with Gasteiger partial charge in [0.05, 0.1) is 17.4 Å². The minimum atomic E-state index is -0.657. The molecule has 150 valence electrons. The Morgan fingerprint density at radius 3 is 2.14 bits per heavy atom. The van der Waals surface area contributed by atoms with Crippen molar-refractivity contribution in [3.05, 3.63) is 46.7 Å². The summed E-state index contributed by atoms with van der Waals surface area (Å²) < 4.78 is 5.77. The van der Waals surface area contributed by atoms with E-state index in [1.165, 1.54) is 12.4 Å². The molecule has 6 heteroatoms. The van der Waals surface area contributed by atoms with Gasteiger partial charge in [-0.1, -0.05) is 24.6 Å². The van der Waals surface area contributed by atoms with Gasteiger partial charge in [0.1, 0.15) is 11.7 Å². The van der Waals surface area contributed by atoms with Gasteiger partial charge in [0.25, 0.3) is 0 Å². The smallest absolute Gasteiger partial charge is 0.321 e. The molecule has 2 bridgehead atoms. The lowest BCUT2D eigenvalue weighted by Gasteiger charge is -2.43. The van der Waals surface area contributed by atoms with Crippen molar-refractivity contribution in [2.45, 2.75) is 44.9 Å². The number of aryl methyl sites for hydroxylation is 1. The number of Topliss-reactive ketones (excluding diaryl/α,β-unsaturated/α-hetero) is 2. The van der Waals surface area contributed by atoms with E-state index in [0.29, 0.717) is 22.6 Å². The standard InChI is InChI=1S/C23H23ClN2O3/c1-2-12-7-8-16(29-23-25-10-15(24)11-26-23)9-17(12)20-21(27)18-13-3-4-14(6-5-13)19(18)22(20)28/h7-11,13-14,18-20H,2-6H2,1H3. The first-order valence-corrected chi connectivity index (χ1v) is 10.8. The minimum absolute atomic E-state index is 0.0751. The number of hydrogen-bond donors (Lipinski definition) is 0. The summed E-state index contributed by atoms with van der Waals surface area (Å²) >= 11 is 5.83. The first-order valence-electron chi connectivity index (χ1n) is 10.4. The van der Waals surface area contributed by atoms with Crippen LogP contribution in [0.25, 0.3) is 0 Å². The summed E-state index contributed by atoms with van der Waals surface area (Å²) in [6.07, 6.45) is 8.06. The molecule has 0 amide bonds. The lowest BCUT2D eigenvalue weighted by atomic mass is 9.59. The molecule has 4 aliphatic rings. The average Bonchev–Trinajstić information content (AvgIpc) is 3.03. The predicted molar refractivity (Wildman–Crippen MR) is 108 cm³/mol. The van der Waals surface area contributed by atoms with E-state index in [2.05, 4.69) is 9.97 Å². The fraction of sp³-hybridized carbons (Fsp3) is 0.478. The topological polar surface area (TPSA) is 69.2 Å². The van der Waals surface area contributed by atoms with Crippen molar-refractivity contribution < 1.29 is 14.3 Å². The molecule has 0 aliphatic heterocycles. The van der Waals surface area contributed by atoms with Crippen LogP contribution in [-0.4, -0.2) is 21.5 Å². The Balaban J connectivity index is 1.50. The zero-order valence-corrected chi connectivity index (χ0v) is 17.1. The maximum Gasteiger partial charge on any atom is 0.321 e. The minimum Gasteiger partial charge on any atom is -0.424 e. The number of ether oxygens (including phenoxy) is 1. The first kappa shape index (κ1) is 18.7. The van der Waals surface area contributed by atoms with Gasteiger partial charge in [-0.3, -0.25) is 9.59 Å². The Bertz CT molecular complexity index is 937. The van der Waals surface area contributed by atoms with Crippen LogP contribution in [0.15, 0.2) is 30.6 Å². The van der Waals surface area contributed by atoms with Gasteiger partial charge in [-0.2, -0.15) is 0 Å². The third kappa shape index (κ3) is 3.07. The molecule has 6 rings (SSSR count). The Morgan fingerprint density at radius 1 is 1.00 bits per heavy atom. The molecule has 4 fully saturated rings. The van der Waals surface area contributed by atoms with E-state index in [1.54, 1.807) is 0 Å². The van der Waals surface area contributed by atoms with Gasteiger partial charge in [0.15, 0.2) is 11.6 Å². The molecule has 2 unspecified atom stereocenters. The quantitative estimate of drug-likeness (QED) is 0.679. The third-order valence-electron chi connectivity index (χ3n) is 7.06. The Morgan fingerprint density at radius 2 is 1.59 bits per heavy atom. The fourth-order valence-corrected chi connectivity index (χ4v) is 5.88. The molecule has 29 heavy (non-hydrogen) atoms. The normalized spacial score (nSPS) is 30.5. The lowest BCUT2D eigenvalue weighted by Crippen LogP contribution is -2.41. The van der Waals surface area contributed by atoms with E-state index in [9.17, 15) is 9.59 Å². The van der Waals surface area contributed by atoms with E-state index in [-0.39, 0.29) is 29.4 Å². The lowest BCUT2D eigenvalue weighted by molar-refractivity contribution is -0.129. The molecule has 1 aromatic carbocycles. The highest BCUT2D eigenvalue weighted by Crippen LogP contribution is 2.56. The van der Waals surface area contributed by atoms with Crippen LogP contribution in [0, 0.1) is 23.7 Å². The highest BCUT2D eigenvalue weighted by molar-refractivity contribution is 6.30. The van der Waals surface area contributed by atoms with Crippen molar-refractivity contribution in [2.24, 2.45) is 23.7 Å². The van der Waals surface area contributed by atoms with Crippen LogP contribution in [0.1, 0.15) is 49.7 Å². The molecule has 5 nitrogen and oxygen atoms in total. The fourth-order valence-electron chi connectivity index (χ4n) is 5.79. The highest BCUT2D eigenvalue weighted by Gasteiger charge is 2.59. The van der Waals surface area contributed by atoms with E-state index in [0.717, 1.165) is 43.2 Å². The average molecular weight is 411 g/mol. The number of ketones is 2. The summed E-state index contributed by atoms with van der Waals surface area (Å²) in [4.78, 5) is 35.0. The van der Waals surface area contributed by atoms with Crippen LogP contribution in [0.3, 0.4) is 0 Å². The van der Waals surface area contributed by atoms with Crippen molar-refractivity contribution in [1.82, 2.24) is 9.97 Å². The van der Waals surface area contributed by atoms with Crippen molar-refractivity contribution in [3.8, 4) is 11.8 Å². The number of halogens is 1. The summed E-state index contributed by atoms with van der Waals surface area (Å²) in [6.45, 7) is 2.04. The predicted octanol–water partition coefficient (Wildman–Crippen LogP) is 4.77. The van der Waals surface area contributed by atoms with Crippen LogP contribution in [0.5, 0.6) is 11.8 Å². The number of aromatic nitrogens is 2. The second kappa shape index (κ2) is 7.21. The summed E-state index contributed by atoms with van der Waals surface area (Å²) in [7, 11) is 0. The number of rotatable bonds is 4. The molecule has 4 aliphatic carbocycles. The van der Waals surface area contributed by atoms with Crippen LogP contribution >= 0.6 is 11.6 Å². The molecule has 0 spiro atoms. The van der Waals surface area contributed by atoms with E-state index >= 15 is 0 Å². The maximum absolute atomic E-state index is 13.4. The van der Waals surface area contributed by atoms with Gasteiger partial charge in [-0.25, -0.2) is 9.97 Å². The van der Waals surface area contributed by atoms with Crippen LogP contribution < -0.4 is 4.74 Å². The SMILES string of the molecule is CCc1ccc(Oc2ncc(Cl)cn2)cc1C1C(=O)C2C3CCC(CC3)C2C1=O.